The summed E-state index contributed by atoms with van der Waals surface area (Å²) in [6.07, 6.45) is -0.645. The van der Waals surface area contributed by atoms with Gasteiger partial charge in [0.05, 0.1) is 6.61 Å². The molecule has 0 bridgehead atoms. The summed E-state index contributed by atoms with van der Waals surface area (Å²) in [5.41, 5.74) is 0.920. The van der Waals surface area contributed by atoms with E-state index < -0.39 is 6.09 Å². The molecule has 0 atom stereocenters. The molecule has 0 saturated heterocycles. The zero-order valence-corrected chi connectivity index (χ0v) is 14.8. The maximum absolute atomic E-state index is 11.7. The van der Waals surface area contributed by atoms with Crippen molar-refractivity contribution >= 4 is 23.1 Å². The highest BCUT2D eigenvalue weighted by molar-refractivity contribution is 8.13. The van der Waals surface area contributed by atoms with Crippen LogP contribution < -0.4 is 0 Å². The summed E-state index contributed by atoms with van der Waals surface area (Å²) in [7, 11) is 0. The molecule has 0 saturated carbocycles. The smallest absolute Gasteiger partial charge is 0.437 e. The van der Waals surface area contributed by atoms with E-state index in [1.54, 1.807) is 0 Å². The van der Waals surface area contributed by atoms with Crippen LogP contribution in [0.1, 0.15) is 26.3 Å². The van der Waals surface area contributed by atoms with Gasteiger partial charge < -0.3 is 14.2 Å². The first-order chi connectivity index (χ1) is 11.1. The molecule has 0 aliphatic heterocycles. The molecule has 1 aromatic rings. The second-order valence-electron chi connectivity index (χ2n) is 5.17. The maximum Gasteiger partial charge on any atom is 0.437 e. The van der Waals surface area contributed by atoms with Crippen molar-refractivity contribution in [2.45, 2.75) is 27.4 Å². The number of carbonyl (C=O) groups excluding carboxylic acids is 1. The third-order valence-corrected chi connectivity index (χ3v) is 3.30. The molecule has 0 aromatic heterocycles. The van der Waals surface area contributed by atoms with Gasteiger partial charge in [-0.1, -0.05) is 62.9 Å². The number of carbonyl (C=O) groups is 1. The van der Waals surface area contributed by atoms with Gasteiger partial charge >= 0.3 is 6.09 Å². The predicted octanol–water partition coefficient (Wildman–Crippen LogP) is 4.12. The number of thioether (sulfide) groups is 1. The Morgan fingerprint density at radius 3 is 2.57 bits per heavy atom. The molecule has 0 spiro atoms. The summed E-state index contributed by atoms with van der Waals surface area (Å²) in [4.78, 5) is 15.6. The fraction of sp³-hybridized carbons (Fsp3) is 0.529. The van der Waals surface area contributed by atoms with Crippen molar-refractivity contribution in [3.63, 3.8) is 0 Å². The van der Waals surface area contributed by atoms with Crippen LogP contribution >= 0.6 is 11.8 Å². The molecule has 0 aliphatic carbocycles. The first kappa shape index (κ1) is 19.5. The largest absolute Gasteiger partial charge is 0.470 e. The van der Waals surface area contributed by atoms with Gasteiger partial charge in [-0.15, -0.1) is 4.99 Å². The highest BCUT2D eigenvalue weighted by atomic mass is 32.2. The van der Waals surface area contributed by atoms with Gasteiger partial charge in [-0.2, -0.15) is 0 Å². The minimum Gasteiger partial charge on any atom is -0.470 e. The highest BCUT2D eigenvalue weighted by Gasteiger charge is 2.07. The fourth-order valence-electron chi connectivity index (χ4n) is 1.56. The molecule has 23 heavy (non-hydrogen) atoms. The van der Waals surface area contributed by atoms with Gasteiger partial charge in [-0.05, 0) is 17.2 Å². The van der Waals surface area contributed by atoms with Crippen molar-refractivity contribution in [1.82, 2.24) is 0 Å². The minimum atomic E-state index is -0.645. The topological polar surface area (TPSA) is 57.1 Å². The molecule has 1 rings (SSSR count). The van der Waals surface area contributed by atoms with Crippen molar-refractivity contribution in [3.05, 3.63) is 35.9 Å². The first-order valence-electron chi connectivity index (χ1n) is 7.74. The van der Waals surface area contributed by atoms with Crippen molar-refractivity contribution in [2.75, 3.05) is 25.6 Å². The quantitative estimate of drug-likeness (QED) is 0.405. The third-order valence-electron chi connectivity index (χ3n) is 2.56. The number of hydrogen-bond donors (Lipinski definition) is 0. The molecule has 0 aliphatic rings. The summed E-state index contributed by atoms with van der Waals surface area (Å²) in [6.45, 7) is 7.87. The van der Waals surface area contributed by atoms with E-state index in [0.717, 1.165) is 11.3 Å². The number of benzene rings is 1. The van der Waals surface area contributed by atoms with Gasteiger partial charge in [0.2, 0.25) is 0 Å². The molecule has 0 N–H and O–H groups in total. The van der Waals surface area contributed by atoms with E-state index in [-0.39, 0.29) is 6.61 Å². The number of aliphatic imine (C=N–C) groups is 1. The number of hydrogen-bond acceptors (Lipinski definition) is 5. The average molecular weight is 339 g/mol. The first-order valence-corrected chi connectivity index (χ1v) is 8.73. The van der Waals surface area contributed by atoms with Gasteiger partial charge in [0.1, 0.15) is 13.2 Å². The number of rotatable bonds is 8. The van der Waals surface area contributed by atoms with Crippen LogP contribution in [0.15, 0.2) is 35.3 Å². The molecule has 0 heterocycles. The Balaban J connectivity index is 2.35. The van der Waals surface area contributed by atoms with Crippen molar-refractivity contribution in [2.24, 2.45) is 10.9 Å². The Bertz CT molecular complexity index is 477. The molecule has 0 radical (unpaired) electrons. The number of amides is 1. The van der Waals surface area contributed by atoms with Crippen molar-refractivity contribution in [3.8, 4) is 0 Å². The monoisotopic (exact) mass is 339 g/mol. The van der Waals surface area contributed by atoms with E-state index in [2.05, 4.69) is 18.8 Å². The van der Waals surface area contributed by atoms with Gasteiger partial charge in [0.15, 0.2) is 0 Å². The van der Waals surface area contributed by atoms with E-state index in [1.807, 2.05) is 37.3 Å². The lowest BCUT2D eigenvalue weighted by Crippen LogP contribution is -2.12. The molecule has 6 heteroatoms. The number of nitrogens with zero attached hydrogens (tertiary/aromatic N) is 1. The van der Waals surface area contributed by atoms with E-state index in [1.165, 1.54) is 11.8 Å². The predicted molar refractivity (Wildman–Crippen MR) is 93.8 cm³/mol. The van der Waals surface area contributed by atoms with Crippen LogP contribution in [0.2, 0.25) is 0 Å². The maximum atomic E-state index is 11.7. The zero-order chi connectivity index (χ0) is 16.9. The standard InChI is InChI=1S/C17H25NO4S/c1-4-23-17(21-11-10-20-12-14(2)3)18-16(19)22-13-15-8-6-5-7-9-15/h5-9,14H,4,10-13H2,1-3H3/b18-17-. The van der Waals surface area contributed by atoms with E-state index >= 15 is 0 Å². The molecule has 1 aromatic carbocycles. The Hall–Kier alpha value is -1.53. The van der Waals surface area contributed by atoms with Crippen LogP contribution in [-0.2, 0) is 20.8 Å². The zero-order valence-electron chi connectivity index (χ0n) is 14.0. The van der Waals surface area contributed by atoms with Crippen LogP contribution in [0.5, 0.6) is 0 Å². The lowest BCUT2D eigenvalue weighted by molar-refractivity contribution is 0.0798. The van der Waals surface area contributed by atoms with Crippen LogP contribution in [0.25, 0.3) is 0 Å². The van der Waals surface area contributed by atoms with Crippen LogP contribution in [0, 0.1) is 5.92 Å². The van der Waals surface area contributed by atoms with Gasteiger partial charge in [0, 0.05) is 6.61 Å². The minimum absolute atomic E-state index is 0.199. The van der Waals surface area contributed by atoms with Crippen molar-refractivity contribution in [1.29, 1.82) is 0 Å². The lowest BCUT2D eigenvalue weighted by atomic mass is 10.2. The summed E-state index contributed by atoms with van der Waals surface area (Å²) in [5, 5.41) is 0.318. The summed E-state index contributed by atoms with van der Waals surface area (Å²) >= 11 is 1.36. The van der Waals surface area contributed by atoms with Crippen LogP contribution in [0.4, 0.5) is 4.79 Å². The summed E-state index contributed by atoms with van der Waals surface area (Å²) in [6, 6.07) is 9.48. The Labute approximate surface area is 142 Å². The fourth-order valence-corrected chi connectivity index (χ4v) is 2.12. The molecule has 5 nitrogen and oxygen atoms in total. The normalized spacial score (nSPS) is 11.6. The summed E-state index contributed by atoms with van der Waals surface area (Å²) in [5.74, 6) is 1.25. The summed E-state index contributed by atoms with van der Waals surface area (Å²) < 4.78 is 16.0. The van der Waals surface area contributed by atoms with Crippen molar-refractivity contribution < 1.29 is 19.0 Å². The van der Waals surface area contributed by atoms with Gasteiger partial charge in [-0.25, -0.2) is 4.79 Å². The molecule has 0 fully saturated rings. The van der Waals surface area contributed by atoms with Crippen LogP contribution in [0.3, 0.4) is 0 Å². The average Bonchev–Trinajstić information content (AvgIpc) is 2.53. The molecular formula is C17H25NO4S. The molecular weight excluding hydrogens is 314 g/mol. The Kier molecular flexibility index (Phi) is 10.2. The lowest BCUT2D eigenvalue weighted by Gasteiger charge is -2.09. The number of ether oxygens (including phenoxy) is 3. The van der Waals surface area contributed by atoms with E-state index in [4.69, 9.17) is 14.2 Å². The third kappa shape index (κ3) is 9.97. The second kappa shape index (κ2) is 12.0. The molecule has 0 unspecified atom stereocenters. The second-order valence-corrected chi connectivity index (χ2v) is 6.38. The van der Waals surface area contributed by atoms with Crippen LogP contribution in [-0.4, -0.2) is 36.9 Å². The Morgan fingerprint density at radius 1 is 1.17 bits per heavy atom. The molecule has 128 valence electrons. The Morgan fingerprint density at radius 2 is 1.91 bits per heavy atom. The SMILES string of the molecule is CCS/C(=N\C(=O)OCc1ccccc1)OCCOCC(C)C. The van der Waals surface area contributed by atoms with E-state index in [9.17, 15) is 4.79 Å². The van der Waals surface area contributed by atoms with Gasteiger partial charge in [0.25, 0.3) is 5.23 Å². The molecule has 1 amide bonds. The van der Waals surface area contributed by atoms with Gasteiger partial charge in [-0.3, -0.25) is 0 Å². The highest BCUT2D eigenvalue weighted by Crippen LogP contribution is 2.08. The van der Waals surface area contributed by atoms with E-state index in [0.29, 0.717) is 31.0 Å².